The van der Waals surface area contributed by atoms with E-state index in [2.05, 4.69) is 29.7 Å². The Labute approximate surface area is 141 Å². The monoisotopic (exact) mass is 319 g/mol. The van der Waals surface area contributed by atoms with Gasteiger partial charge in [-0.2, -0.15) is 0 Å². The molecule has 2 heterocycles. The predicted octanol–water partition coefficient (Wildman–Crippen LogP) is 3.66. The van der Waals surface area contributed by atoms with Gasteiger partial charge in [-0.05, 0) is 36.2 Å². The lowest BCUT2D eigenvalue weighted by atomic mass is 10.1. The van der Waals surface area contributed by atoms with Gasteiger partial charge in [0.2, 0.25) is 5.91 Å². The van der Waals surface area contributed by atoms with Crippen LogP contribution in [0.1, 0.15) is 30.7 Å². The van der Waals surface area contributed by atoms with Crippen molar-refractivity contribution in [1.82, 2.24) is 9.55 Å². The highest BCUT2D eigenvalue weighted by molar-refractivity contribution is 5.96. The molecule has 1 fully saturated rings. The number of aryl methyl sites for hydroxylation is 2. The van der Waals surface area contributed by atoms with Crippen LogP contribution in [0.4, 0.5) is 5.69 Å². The molecule has 1 aliphatic rings. The smallest absolute Gasteiger partial charge is 0.227 e. The van der Waals surface area contributed by atoms with Crippen LogP contribution in [0.25, 0.3) is 11.0 Å². The molecule has 4 heteroatoms. The van der Waals surface area contributed by atoms with Crippen LogP contribution in [-0.2, 0) is 18.3 Å². The minimum Gasteiger partial charge on any atom is -0.331 e. The summed E-state index contributed by atoms with van der Waals surface area (Å²) in [5.41, 5.74) is 4.38. The van der Waals surface area contributed by atoms with Crippen LogP contribution >= 0.6 is 0 Å². The summed E-state index contributed by atoms with van der Waals surface area (Å²) in [4.78, 5) is 19.2. The zero-order valence-electron chi connectivity index (χ0n) is 14.1. The van der Waals surface area contributed by atoms with E-state index >= 15 is 0 Å². The maximum atomic E-state index is 12.5. The third-order valence-electron chi connectivity index (χ3n) is 4.97. The highest BCUT2D eigenvalue weighted by Crippen LogP contribution is 2.32. The van der Waals surface area contributed by atoms with Crippen molar-refractivity contribution in [3.05, 3.63) is 59.9 Å². The standard InChI is InChI=1S/C20H21N3O/c1-3-14-8-10-16(11-9-14)23-13-15(12-19(23)24)20-21-17-6-4-5-7-18(17)22(20)2/h4-11,15H,3,12-13H2,1-2H3/t15-/m1/s1. The van der Waals surface area contributed by atoms with E-state index in [0.29, 0.717) is 13.0 Å². The third-order valence-corrected chi connectivity index (χ3v) is 4.97. The molecule has 1 amide bonds. The molecule has 0 bridgehead atoms. The normalized spacial score (nSPS) is 17.8. The number of para-hydroxylation sites is 2. The summed E-state index contributed by atoms with van der Waals surface area (Å²) in [6, 6.07) is 16.4. The van der Waals surface area contributed by atoms with Gasteiger partial charge in [0.1, 0.15) is 5.82 Å². The van der Waals surface area contributed by atoms with Crippen LogP contribution in [0.2, 0.25) is 0 Å². The number of imidazole rings is 1. The fourth-order valence-electron chi connectivity index (χ4n) is 3.57. The molecule has 24 heavy (non-hydrogen) atoms. The highest BCUT2D eigenvalue weighted by atomic mass is 16.2. The van der Waals surface area contributed by atoms with E-state index in [1.807, 2.05) is 42.3 Å². The van der Waals surface area contributed by atoms with Crippen LogP contribution in [-0.4, -0.2) is 22.0 Å². The van der Waals surface area contributed by atoms with E-state index in [-0.39, 0.29) is 11.8 Å². The van der Waals surface area contributed by atoms with Crippen LogP contribution in [0.5, 0.6) is 0 Å². The van der Waals surface area contributed by atoms with Crippen LogP contribution in [0, 0.1) is 0 Å². The Hall–Kier alpha value is -2.62. The summed E-state index contributed by atoms with van der Waals surface area (Å²) in [5, 5.41) is 0. The Balaban J connectivity index is 1.64. The number of fused-ring (bicyclic) bond motifs is 1. The summed E-state index contributed by atoms with van der Waals surface area (Å²) in [6.45, 7) is 2.83. The molecule has 122 valence electrons. The number of carbonyl (C=O) groups is 1. The van der Waals surface area contributed by atoms with E-state index in [1.165, 1.54) is 5.56 Å². The predicted molar refractivity (Wildman–Crippen MR) is 96.2 cm³/mol. The molecule has 3 aromatic rings. The Morgan fingerprint density at radius 3 is 2.58 bits per heavy atom. The molecular formula is C20H21N3O. The number of benzene rings is 2. The van der Waals surface area contributed by atoms with Crippen LogP contribution in [0.3, 0.4) is 0 Å². The molecule has 1 saturated heterocycles. The quantitative estimate of drug-likeness (QED) is 0.739. The fourth-order valence-corrected chi connectivity index (χ4v) is 3.57. The molecule has 1 atom stereocenters. The minimum absolute atomic E-state index is 0.140. The zero-order chi connectivity index (χ0) is 16.7. The van der Waals surface area contributed by atoms with Gasteiger partial charge in [0.25, 0.3) is 0 Å². The first kappa shape index (κ1) is 14.9. The molecule has 1 aliphatic heterocycles. The third kappa shape index (κ3) is 2.39. The maximum absolute atomic E-state index is 12.5. The lowest BCUT2D eigenvalue weighted by Gasteiger charge is -2.17. The van der Waals surface area contributed by atoms with Crippen molar-refractivity contribution in [2.75, 3.05) is 11.4 Å². The van der Waals surface area contributed by atoms with Crippen molar-refractivity contribution < 1.29 is 4.79 Å². The van der Waals surface area contributed by atoms with E-state index < -0.39 is 0 Å². The first-order valence-electron chi connectivity index (χ1n) is 8.48. The second kappa shape index (κ2) is 5.78. The number of anilines is 1. The van der Waals surface area contributed by atoms with Crippen molar-refractivity contribution in [2.45, 2.75) is 25.7 Å². The minimum atomic E-state index is 0.140. The highest BCUT2D eigenvalue weighted by Gasteiger charge is 2.34. The zero-order valence-corrected chi connectivity index (χ0v) is 14.1. The number of amides is 1. The first-order valence-corrected chi connectivity index (χ1v) is 8.48. The molecule has 0 unspecified atom stereocenters. The van der Waals surface area contributed by atoms with Gasteiger partial charge in [-0.1, -0.05) is 31.2 Å². The second-order valence-corrected chi connectivity index (χ2v) is 6.44. The Morgan fingerprint density at radius 1 is 1.12 bits per heavy atom. The van der Waals surface area contributed by atoms with Gasteiger partial charge < -0.3 is 9.47 Å². The lowest BCUT2D eigenvalue weighted by molar-refractivity contribution is -0.117. The number of hydrogen-bond acceptors (Lipinski definition) is 2. The van der Waals surface area contributed by atoms with Gasteiger partial charge in [0.15, 0.2) is 0 Å². The summed E-state index contributed by atoms with van der Waals surface area (Å²) < 4.78 is 2.12. The van der Waals surface area contributed by atoms with Crippen molar-refractivity contribution >= 4 is 22.6 Å². The summed E-state index contributed by atoms with van der Waals surface area (Å²) in [6.07, 6.45) is 1.53. The maximum Gasteiger partial charge on any atom is 0.227 e. The Kier molecular flexibility index (Phi) is 3.60. The number of rotatable bonds is 3. The molecule has 0 saturated carbocycles. The summed E-state index contributed by atoms with van der Waals surface area (Å²) >= 11 is 0. The van der Waals surface area contributed by atoms with E-state index in [4.69, 9.17) is 4.98 Å². The molecule has 0 N–H and O–H groups in total. The van der Waals surface area contributed by atoms with Gasteiger partial charge >= 0.3 is 0 Å². The van der Waals surface area contributed by atoms with E-state index in [1.54, 1.807) is 0 Å². The largest absolute Gasteiger partial charge is 0.331 e. The topological polar surface area (TPSA) is 38.1 Å². The number of aromatic nitrogens is 2. The van der Waals surface area contributed by atoms with Crippen molar-refractivity contribution in [1.29, 1.82) is 0 Å². The second-order valence-electron chi connectivity index (χ2n) is 6.44. The average Bonchev–Trinajstić information content (AvgIpc) is 3.16. The van der Waals surface area contributed by atoms with Crippen molar-refractivity contribution in [3.8, 4) is 0 Å². The van der Waals surface area contributed by atoms with Gasteiger partial charge in [-0.25, -0.2) is 4.98 Å². The number of hydrogen-bond donors (Lipinski definition) is 0. The lowest BCUT2D eigenvalue weighted by Crippen LogP contribution is -2.24. The first-order chi connectivity index (χ1) is 11.7. The molecular weight excluding hydrogens is 298 g/mol. The summed E-state index contributed by atoms with van der Waals surface area (Å²) in [7, 11) is 2.04. The van der Waals surface area contributed by atoms with Gasteiger partial charge in [-0.15, -0.1) is 0 Å². The Bertz CT molecular complexity index is 895. The molecule has 2 aromatic carbocycles. The van der Waals surface area contributed by atoms with Crippen molar-refractivity contribution in [3.63, 3.8) is 0 Å². The van der Waals surface area contributed by atoms with Gasteiger partial charge in [-0.3, -0.25) is 4.79 Å². The van der Waals surface area contributed by atoms with E-state index in [0.717, 1.165) is 29.0 Å². The van der Waals surface area contributed by atoms with Crippen LogP contribution in [0.15, 0.2) is 48.5 Å². The Morgan fingerprint density at radius 2 is 1.88 bits per heavy atom. The molecule has 4 nitrogen and oxygen atoms in total. The van der Waals surface area contributed by atoms with Crippen molar-refractivity contribution in [2.24, 2.45) is 7.05 Å². The van der Waals surface area contributed by atoms with Crippen LogP contribution < -0.4 is 4.90 Å². The molecule has 0 spiro atoms. The number of nitrogens with zero attached hydrogens (tertiary/aromatic N) is 3. The van der Waals surface area contributed by atoms with Gasteiger partial charge in [0.05, 0.1) is 11.0 Å². The SMILES string of the molecule is CCc1ccc(N2C[C@H](c3nc4ccccc4n3C)CC2=O)cc1. The molecule has 4 rings (SSSR count). The molecule has 0 radical (unpaired) electrons. The van der Waals surface area contributed by atoms with E-state index in [9.17, 15) is 4.79 Å². The van der Waals surface area contributed by atoms with Gasteiger partial charge in [0, 0.05) is 31.6 Å². The molecule has 0 aliphatic carbocycles. The summed E-state index contributed by atoms with van der Waals surface area (Å²) in [5.74, 6) is 1.31. The fraction of sp³-hybridized carbons (Fsp3) is 0.300. The molecule has 1 aromatic heterocycles. The average molecular weight is 319 g/mol. The number of carbonyl (C=O) groups excluding carboxylic acids is 1.